The third kappa shape index (κ3) is 4.74. The molecule has 0 amide bonds. The molecule has 0 aliphatic carbocycles. The summed E-state index contributed by atoms with van der Waals surface area (Å²) in [5.74, 6) is 0.921. The smallest absolute Gasteiger partial charge is 0.191 e. The number of rotatable bonds is 6. The van der Waals surface area contributed by atoms with Crippen LogP contribution in [0.3, 0.4) is 0 Å². The van der Waals surface area contributed by atoms with Crippen LogP contribution < -0.4 is 15.5 Å². The van der Waals surface area contributed by atoms with Gasteiger partial charge >= 0.3 is 0 Å². The van der Waals surface area contributed by atoms with E-state index in [1.54, 1.807) is 0 Å². The molecule has 3 aliphatic heterocycles. The standard InChI is InChI=1S/C21H33N5O/c1-22-21(24-19-16-18-8-9-20(19)27-18)23-10-5-11-25-12-14-26(15-13-25)17-6-3-2-4-7-17/h2-4,6-7,18-20H,5,8-16H2,1H3,(H2,22,23,24). The van der Waals surface area contributed by atoms with Crippen LogP contribution in [0, 0.1) is 0 Å². The Bertz CT molecular complexity index is 614. The number of aliphatic imine (C=N–C) groups is 1. The fraction of sp³-hybridized carbons (Fsp3) is 0.667. The molecule has 0 aromatic heterocycles. The van der Waals surface area contributed by atoms with Crippen molar-refractivity contribution in [3.63, 3.8) is 0 Å². The average molecular weight is 372 g/mol. The third-order valence-corrected chi connectivity index (χ3v) is 6.09. The molecule has 3 aliphatic rings. The van der Waals surface area contributed by atoms with Gasteiger partial charge in [0.2, 0.25) is 0 Å². The summed E-state index contributed by atoms with van der Waals surface area (Å²) in [7, 11) is 1.85. The number of nitrogens with zero attached hydrogens (tertiary/aromatic N) is 3. The Morgan fingerprint density at radius 3 is 2.63 bits per heavy atom. The van der Waals surface area contributed by atoms with Crippen LogP contribution in [0.4, 0.5) is 5.69 Å². The lowest BCUT2D eigenvalue weighted by Crippen LogP contribution is -2.49. The Labute approximate surface area is 163 Å². The minimum Gasteiger partial charge on any atom is -0.373 e. The van der Waals surface area contributed by atoms with Gasteiger partial charge in [0.15, 0.2) is 5.96 Å². The molecule has 0 saturated carbocycles. The Balaban J connectivity index is 1.11. The molecule has 3 unspecified atom stereocenters. The van der Waals surface area contributed by atoms with Gasteiger partial charge in [-0.15, -0.1) is 0 Å². The largest absolute Gasteiger partial charge is 0.373 e. The van der Waals surface area contributed by atoms with Crippen molar-refractivity contribution in [3.8, 4) is 0 Å². The first-order valence-electron chi connectivity index (χ1n) is 10.5. The maximum atomic E-state index is 5.92. The number of para-hydroxylation sites is 1. The Hall–Kier alpha value is -1.79. The topological polar surface area (TPSA) is 52.1 Å². The van der Waals surface area contributed by atoms with Crippen LogP contribution >= 0.6 is 0 Å². The van der Waals surface area contributed by atoms with Crippen molar-refractivity contribution < 1.29 is 4.74 Å². The van der Waals surface area contributed by atoms with Crippen molar-refractivity contribution in [2.45, 2.75) is 43.9 Å². The fourth-order valence-corrected chi connectivity index (χ4v) is 4.54. The number of piperazine rings is 1. The average Bonchev–Trinajstić information content (AvgIpc) is 3.34. The molecule has 27 heavy (non-hydrogen) atoms. The summed E-state index contributed by atoms with van der Waals surface area (Å²) in [4.78, 5) is 9.44. The Kier molecular flexibility index (Phi) is 6.14. The second-order valence-electron chi connectivity index (χ2n) is 7.88. The molecule has 3 heterocycles. The van der Waals surface area contributed by atoms with Crippen LogP contribution in [0.25, 0.3) is 0 Å². The van der Waals surface area contributed by atoms with E-state index in [4.69, 9.17) is 4.74 Å². The highest BCUT2D eigenvalue weighted by molar-refractivity contribution is 5.80. The predicted molar refractivity (Wildman–Crippen MR) is 111 cm³/mol. The highest BCUT2D eigenvalue weighted by atomic mass is 16.5. The van der Waals surface area contributed by atoms with Crippen LogP contribution in [0.5, 0.6) is 0 Å². The molecule has 0 radical (unpaired) electrons. The summed E-state index contributed by atoms with van der Waals surface area (Å²) in [5.41, 5.74) is 1.35. The van der Waals surface area contributed by atoms with Gasteiger partial charge in [0.05, 0.1) is 18.2 Å². The molecule has 0 spiro atoms. The highest BCUT2D eigenvalue weighted by Gasteiger charge is 2.41. The summed E-state index contributed by atoms with van der Waals surface area (Å²) in [6.07, 6.45) is 5.53. The highest BCUT2D eigenvalue weighted by Crippen LogP contribution is 2.34. The number of hydrogen-bond acceptors (Lipinski definition) is 4. The zero-order chi connectivity index (χ0) is 18.5. The monoisotopic (exact) mass is 371 g/mol. The molecule has 3 fully saturated rings. The zero-order valence-electron chi connectivity index (χ0n) is 16.4. The fourth-order valence-electron chi connectivity index (χ4n) is 4.54. The van der Waals surface area contributed by atoms with E-state index in [-0.39, 0.29) is 0 Å². The van der Waals surface area contributed by atoms with Crippen molar-refractivity contribution in [1.29, 1.82) is 0 Å². The van der Waals surface area contributed by atoms with Gasteiger partial charge in [-0.3, -0.25) is 9.89 Å². The number of fused-ring (bicyclic) bond motifs is 2. The van der Waals surface area contributed by atoms with E-state index in [2.05, 4.69) is 55.8 Å². The number of guanidine groups is 1. The van der Waals surface area contributed by atoms with Crippen molar-refractivity contribution in [2.75, 3.05) is 51.2 Å². The molecule has 148 valence electrons. The first-order valence-corrected chi connectivity index (χ1v) is 10.5. The summed E-state index contributed by atoms with van der Waals surface area (Å²) >= 11 is 0. The van der Waals surface area contributed by atoms with Gasteiger partial charge in [-0.1, -0.05) is 18.2 Å². The second kappa shape index (κ2) is 8.93. The first-order chi connectivity index (χ1) is 13.3. The second-order valence-corrected chi connectivity index (χ2v) is 7.88. The third-order valence-electron chi connectivity index (χ3n) is 6.09. The predicted octanol–water partition coefficient (Wildman–Crippen LogP) is 1.68. The maximum absolute atomic E-state index is 5.92. The van der Waals surface area contributed by atoms with E-state index >= 15 is 0 Å². The molecule has 6 heteroatoms. The quantitative estimate of drug-likeness (QED) is 0.453. The number of ether oxygens (including phenoxy) is 1. The van der Waals surface area contributed by atoms with E-state index < -0.39 is 0 Å². The zero-order valence-corrected chi connectivity index (χ0v) is 16.4. The first kappa shape index (κ1) is 18.6. The van der Waals surface area contributed by atoms with E-state index in [9.17, 15) is 0 Å². The lowest BCUT2D eigenvalue weighted by molar-refractivity contribution is 0.0992. The van der Waals surface area contributed by atoms with Crippen molar-refractivity contribution in [1.82, 2.24) is 15.5 Å². The maximum Gasteiger partial charge on any atom is 0.191 e. The molecule has 6 nitrogen and oxygen atoms in total. The summed E-state index contributed by atoms with van der Waals surface area (Å²) in [6.45, 7) is 6.62. The van der Waals surface area contributed by atoms with E-state index in [0.29, 0.717) is 18.2 Å². The van der Waals surface area contributed by atoms with Gasteiger partial charge in [0, 0.05) is 45.5 Å². The van der Waals surface area contributed by atoms with Gasteiger partial charge < -0.3 is 20.3 Å². The number of benzene rings is 1. The van der Waals surface area contributed by atoms with Gasteiger partial charge in [0.1, 0.15) is 0 Å². The Morgan fingerprint density at radius 1 is 1.15 bits per heavy atom. The van der Waals surface area contributed by atoms with E-state index in [1.165, 1.54) is 18.5 Å². The van der Waals surface area contributed by atoms with Gasteiger partial charge in [-0.25, -0.2) is 0 Å². The SMILES string of the molecule is CN=C(NCCCN1CCN(c2ccccc2)CC1)NC1CC2CCC1O2. The normalized spacial score (nSPS) is 28.6. The van der Waals surface area contributed by atoms with Crippen LogP contribution in [-0.2, 0) is 4.74 Å². The van der Waals surface area contributed by atoms with Gasteiger partial charge in [0.25, 0.3) is 0 Å². The van der Waals surface area contributed by atoms with Gasteiger partial charge in [-0.05, 0) is 44.4 Å². The molecule has 1 aromatic rings. The summed E-state index contributed by atoms with van der Waals surface area (Å²) in [6, 6.07) is 11.2. The lowest BCUT2D eigenvalue weighted by atomic mass is 9.96. The lowest BCUT2D eigenvalue weighted by Gasteiger charge is -2.36. The van der Waals surface area contributed by atoms with E-state index in [1.807, 2.05) is 7.05 Å². The molecule has 3 atom stereocenters. The molecule has 2 N–H and O–H groups in total. The van der Waals surface area contributed by atoms with Crippen LogP contribution in [-0.4, -0.2) is 75.4 Å². The number of hydrogen-bond donors (Lipinski definition) is 2. The molecular weight excluding hydrogens is 338 g/mol. The van der Waals surface area contributed by atoms with Crippen LogP contribution in [0.15, 0.2) is 35.3 Å². The minimum absolute atomic E-state index is 0.384. The minimum atomic E-state index is 0.384. The Morgan fingerprint density at radius 2 is 1.96 bits per heavy atom. The van der Waals surface area contributed by atoms with Crippen molar-refractivity contribution in [2.24, 2.45) is 4.99 Å². The summed E-state index contributed by atoms with van der Waals surface area (Å²) in [5, 5.41) is 7.03. The molecule has 1 aromatic carbocycles. The number of nitrogens with one attached hydrogen (secondary N) is 2. The number of anilines is 1. The van der Waals surface area contributed by atoms with Crippen molar-refractivity contribution in [3.05, 3.63) is 30.3 Å². The van der Waals surface area contributed by atoms with Crippen LogP contribution in [0.1, 0.15) is 25.7 Å². The van der Waals surface area contributed by atoms with Crippen LogP contribution in [0.2, 0.25) is 0 Å². The summed E-state index contributed by atoms with van der Waals surface area (Å²) < 4.78 is 5.92. The van der Waals surface area contributed by atoms with Gasteiger partial charge in [-0.2, -0.15) is 0 Å². The molecule has 4 rings (SSSR count). The van der Waals surface area contributed by atoms with Crippen molar-refractivity contribution >= 4 is 11.6 Å². The molecular formula is C21H33N5O. The molecule has 2 bridgehead atoms. The van der Waals surface area contributed by atoms with E-state index in [0.717, 1.165) is 58.1 Å². The molecule has 3 saturated heterocycles.